The molecule has 24 heavy (non-hydrogen) atoms. The largest absolute Gasteiger partial charge is 0.354 e. The zero-order valence-electron chi connectivity index (χ0n) is 13.8. The third kappa shape index (κ3) is 2.59. The Hall–Kier alpha value is -2.60. The molecule has 0 amide bonds. The molecule has 1 aliphatic heterocycles. The second kappa shape index (κ2) is 6.13. The number of hydrogen-bond acceptors (Lipinski definition) is 4. The van der Waals surface area contributed by atoms with Crippen molar-refractivity contribution in [3.63, 3.8) is 0 Å². The van der Waals surface area contributed by atoms with Gasteiger partial charge in [-0.15, -0.1) is 0 Å². The number of pyridine rings is 1. The van der Waals surface area contributed by atoms with Crippen molar-refractivity contribution in [3.05, 3.63) is 59.1 Å². The van der Waals surface area contributed by atoms with E-state index < -0.39 is 0 Å². The third-order valence-electron chi connectivity index (χ3n) is 4.74. The summed E-state index contributed by atoms with van der Waals surface area (Å²) in [4.78, 5) is 21.6. The van der Waals surface area contributed by atoms with Crippen LogP contribution >= 0.6 is 0 Å². The molecule has 0 aliphatic carbocycles. The van der Waals surface area contributed by atoms with Gasteiger partial charge in [-0.2, -0.15) is 0 Å². The van der Waals surface area contributed by atoms with Crippen molar-refractivity contribution in [3.8, 4) is 0 Å². The molecule has 1 fully saturated rings. The van der Waals surface area contributed by atoms with Crippen LogP contribution in [0.3, 0.4) is 0 Å². The third-order valence-corrected chi connectivity index (χ3v) is 4.74. The zero-order valence-corrected chi connectivity index (χ0v) is 13.8. The lowest BCUT2D eigenvalue weighted by Crippen LogP contribution is -2.48. The van der Waals surface area contributed by atoms with E-state index in [2.05, 4.69) is 14.8 Å². The van der Waals surface area contributed by atoms with Crippen molar-refractivity contribution < 1.29 is 0 Å². The summed E-state index contributed by atoms with van der Waals surface area (Å²) >= 11 is 0. The van der Waals surface area contributed by atoms with E-state index in [0.717, 1.165) is 43.0 Å². The molecule has 4 rings (SSSR count). The van der Waals surface area contributed by atoms with Crippen LogP contribution in [0.15, 0.2) is 53.5 Å². The Morgan fingerprint density at radius 3 is 2.38 bits per heavy atom. The van der Waals surface area contributed by atoms with Gasteiger partial charge in [-0.1, -0.05) is 18.2 Å². The Morgan fingerprint density at radius 1 is 0.958 bits per heavy atom. The second-order valence-corrected chi connectivity index (χ2v) is 6.19. The van der Waals surface area contributed by atoms with Gasteiger partial charge >= 0.3 is 5.69 Å². The van der Waals surface area contributed by atoms with Crippen LogP contribution in [0.1, 0.15) is 0 Å². The fourth-order valence-corrected chi connectivity index (χ4v) is 3.36. The van der Waals surface area contributed by atoms with E-state index in [1.165, 1.54) is 0 Å². The lowest BCUT2D eigenvalue weighted by atomic mass is 10.3. The van der Waals surface area contributed by atoms with E-state index in [4.69, 9.17) is 0 Å². The summed E-state index contributed by atoms with van der Waals surface area (Å²) in [7, 11) is 1.83. The van der Waals surface area contributed by atoms with Crippen LogP contribution in [0, 0.1) is 0 Å². The van der Waals surface area contributed by atoms with Crippen molar-refractivity contribution >= 4 is 16.9 Å². The summed E-state index contributed by atoms with van der Waals surface area (Å²) < 4.78 is 3.59. The summed E-state index contributed by atoms with van der Waals surface area (Å²) in [6.07, 6.45) is 1.83. The minimum absolute atomic E-state index is 0.0448. The maximum Gasteiger partial charge on any atom is 0.329 e. The van der Waals surface area contributed by atoms with Crippen LogP contribution in [0.2, 0.25) is 0 Å². The summed E-state index contributed by atoms with van der Waals surface area (Å²) in [5.41, 5.74) is 2.02. The lowest BCUT2D eigenvalue weighted by Gasteiger charge is -2.35. The van der Waals surface area contributed by atoms with Crippen LogP contribution < -0.4 is 10.6 Å². The number of para-hydroxylation sites is 2. The Bertz CT molecular complexity index is 891. The van der Waals surface area contributed by atoms with Gasteiger partial charge in [0.25, 0.3) is 0 Å². The van der Waals surface area contributed by atoms with E-state index in [1.807, 2.05) is 60.3 Å². The predicted octanol–water partition coefficient (Wildman–Crippen LogP) is 1.51. The molecule has 0 N–H and O–H groups in total. The molecule has 0 radical (unpaired) electrons. The van der Waals surface area contributed by atoms with Crippen molar-refractivity contribution in [2.24, 2.45) is 7.05 Å². The first-order valence-corrected chi connectivity index (χ1v) is 8.26. The number of anilines is 1. The Balaban J connectivity index is 1.50. The number of benzene rings is 1. The van der Waals surface area contributed by atoms with Crippen LogP contribution in [0.25, 0.3) is 11.0 Å². The lowest BCUT2D eigenvalue weighted by molar-refractivity contribution is 0.205. The quantitative estimate of drug-likeness (QED) is 0.733. The highest BCUT2D eigenvalue weighted by Crippen LogP contribution is 2.15. The molecule has 6 nitrogen and oxygen atoms in total. The summed E-state index contributed by atoms with van der Waals surface area (Å²) in [6.45, 7) is 4.34. The number of aryl methyl sites for hydroxylation is 1. The molecule has 6 heteroatoms. The highest BCUT2D eigenvalue weighted by Gasteiger charge is 2.20. The zero-order chi connectivity index (χ0) is 16.5. The minimum Gasteiger partial charge on any atom is -0.354 e. The number of piperazine rings is 1. The van der Waals surface area contributed by atoms with Crippen LogP contribution in [0.5, 0.6) is 0 Å². The molecule has 0 spiro atoms. The highest BCUT2D eigenvalue weighted by atomic mass is 16.1. The Labute approximate surface area is 140 Å². The van der Waals surface area contributed by atoms with Gasteiger partial charge in [0.15, 0.2) is 0 Å². The van der Waals surface area contributed by atoms with E-state index >= 15 is 0 Å². The first-order chi connectivity index (χ1) is 11.7. The van der Waals surface area contributed by atoms with Crippen LogP contribution in [-0.2, 0) is 13.7 Å². The molecule has 3 aromatic rings. The fourth-order valence-electron chi connectivity index (χ4n) is 3.36. The van der Waals surface area contributed by atoms with Gasteiger partial charge in [0.1, 0.15) is 5.82 Å². The van der Waals surface area contributed by atoms with Crippen LogP contribution in [-0.4, -0.2) is 45.2 Å². The summed E-state index contributed by atoms with van der Waals surface area (Å²) in [6, 6.07) is 14.0. The first-order valence-electron chi connectivity index (χ1n) is 8.26. The SMILES string of the molecule is Cn1c(=O)n(CN2CCN(c3ccccn3)CC2)c2ccccc21. The maximum atomic E-state index is 12.5. The van der Waals surface area contributed by atoms with Crippen molar-refractivity contribution in [2.75, 3.05) is 31.1 Å². The van der Waals surface area contributed by atoms with Crippen molar-refractivity contribution in [2.45, 2.75) is 6.67 Å². The number of hydrogen-bond donors (Lipinski definition) is 0. The average Bonchev–Trinajstić information content (AvgIpc) is 2.88. The fraction of sp³-hybridized carbons (Fsp3) is 0.333. The monoisotopic (exact) mass is 323 g/mol. The van der Waals surface area contributed by atoms with Crippen LogP contribution in [0.4, 0.5) is 5.82 Å². The normalized spacial score (nSPS) is 16.0. The maximum absolute atomic E-state index is 12.5. The molecular weight excluding hydrogens is 302 g/mol. The molecule has 0 bridgehead atoms. The number of fused-ring (bicyclic) bond motifs is 1. The molecule has 0 unspecified atom stereocenters. The number of nitrogens with zero attached hydrogens (tertiary/aromatic N) is 5. The van der Waals surface area contributed by atoms with Crippen molar-refractivity contribution in [1.82, 2.24) is 19.0 Å². The smallest absolute Gasteiger partial charge is 0.329 e. The summed E-state index contributed by atoms with van der Waals surface area (Å²) in [5.74, 6) is 1.03. The minimum atomic E-state index is 0.0448. The number of rotatable bonds is 3. The molecule has 0 atom stereocenters. The van der Waals surface area contributed by atoms with Gasteiger partial charge in [-0.25, -0.2) is 9.78 Å². The van der Waals surface area contributed by atoms with Gasteiger partial charge in [0.2, 0.25) is 0 Å². The van der Waals surface area contributed by atoms with Gasteiger partial charge in [-0.05, 0) is 24.3 Å². The molecule has 3 heterocycles. The molecule has 1 aliphatic rings. The van der Waals surface area contributed by atoms with Gasteiger partial charge in [0.05, 0.1) is 17.7 Å². The van der Waals surface area contributed by atoms with E-state index in [1.54, 1.807) is 4.57 Å². The van der Waals surface area contributed by atoms with Gasteiger partial charge < -0.3 is 4.90 Å². The molecule has 1 saturated heterocycles. The number of aromatic nitrogens is 3. The van der Waals surface area contributed by atoms with Gasteiger partial charge in [0, 0.05) is 39.4 Å². The molecule has 0 saturated carbocycles. The van der Waals surface area contributed by atoms with E-state index in [9.17, 15) is 4.79 Å². The van der Waals surface area contributed by atoms with E-state index in [-0.39, 0.29) is 5.69 Å². The molecule has 124 valence electrons. The second-order valence-electron chi connectivity index (χ2n) is 6.19. The topological polar surface area (TPSA) is 46.3 Å². The average molecular weight is 323 g/mol. The van der Waals surface area contributed by atoms with E-state index in [0.29, 0.717) is 6.67 Å². The molecule has 1 aromatic carbocycles. The highest BCUT2D eigenvalue weighted by molar-refractivity contribution is 5.75. The first kappa shape index (κ1) is 15.0. The summed E-state index contributed by atoms with van der Waals surface area (Å²) in [5, 5.41) is 0. The Morgan fingerprint density at radius 2 is 1.67 bits per heavy atom. The molecular formula is C18H21N5O. The Kier molecular flexibility index (Phi) is 3.82. The molecule has 2 aromatic heterocycles. The standard InChI is InChI=1S/C18H21N5O/c1-20-15-6-2-3-7-16(15)23(18(20)24)14-21-10-12-22(13-11-21)17-8-4-5-9-19-17/h2-9H,10-14H2,1H3. The number of imidazole rings is 1. The van der Waals surface area contributed by atoms with Crippen molar-refractivity contribution in [1.29, 1.82) is 0 Å². The predicted molar refractivity (Wildman–Crippen MR) is 95.2 cm³/mol. The van der Waals surface area contributed by atoms with Gasteiger partial charge in [-0.3, -0.25) is 14.0 Å².